The number of nitrogens with one attached hydrogen (secondary N) is 1. The number of hydrogen-bond donors (Lipinski definition) is 1. The highest BCUT2D eigenvalue weighted by atomic mass is 32.2. The summed E-state index contributed by atoms with van der Waals surface area (Å²) >= 11 is 2.91. The van der Waals surface area contributed by atoms with Crippen LogP contribution >= 0.6 is 23.1 Å². The van der Waals surface area contributed by atoms with Crippen molar-refractivity contribution in [3.8, 4) is 17.4 Å². The number of para-hydroxylation sites is 2. The lowest BCUT2D eigenvalue weighted by Crippen LogP contribution is -1.93. The fraction of sp³-hybridized carbons (Fsp3) is 0.125. The first kappa shape index (κ1) is 16.6. The molecule has 0 fully saturated rings. The summed E-state index contributed by atoms with van der Waals surface area (Å²) in [7, 11) is 1.63. The lowest BCUT2D eigenvalue weighted by atomic mass is 10.3. The summed E-state index contributed by atoms with van der Waals surface area (Å²) in [5.74, 6) is 2.65. The van der Waals surface area contributed by atoms with Crippen LogP contribution in [-0.2, 0) is 5.75 Å². The molecule has 4 aromatic rings. The van der Waals surface area contributed by atoms with E-state index in [0.717, 1.165) is 15.8 Å². The third-order valence-corrected chi connectivity index (χ3v) is 5.23. The van der Waals surface area contributed by atoms with Crippen LogP contribution in [0.1, 0.15) is 5.89 Å². The number of thioether (sulfide) groups is 1. The maximum atomic E-state index is 5.57. The number of nitrogens with zero attached hydrogens (tertiary/aromatic N) is 4. The molecule has 0 aliphatic heterocycles. The fourth-order valence-electron chi connectivity index (χ4n) is 2.12. The van der Waals surface area contributed by atoms with E-state index < -0.39 is 0 Å². The summed E-state index contributed by atoms with van der Waals surface area (Å²) in [5.41, 5.74) is 0.836. The van der Waals surface area contributed by atoms with Crippen molar-refractivity contribution in [3.05, 3.63) is 48.6 Å². The molecule has 0 saturated heterocycles. The molecular formula is C16H13N5O3S2. The average molecular weight is 387 g/mol. The molecule has 0 radical (unpaired) electrons. The Labute approximate surface area is 156 Å². The zero-order valence-corrected chi connectivity index (χ0v) is 15.2. The van der Waals surface area contributed by atoms with Crippen molar-refractivity contribution in [3.63, 3.8) is 0 Å². The summed E-state index contributed by atoms with van der Waals surface area (Å²) in [5, 5.41) is 20.2. The molecule has 0 saturated carbocycles. The molecule has 1 N–H and O–H groups in total. The predicted octanol–water partition coefficient (Wildman–Crippen LogP) is 4.23. The Hall–Kier alpha value is -2.85. The highest BCUT2D eigenvalue weighted by Crippen LogP contribution is 2.32. The number of anilines is 2. The summed E-state index contributed by atoms with van der Waals surface area (Å²) in [6.07, 6.45) is 1.56. The van der Waals surface area contributed by atoms with E-state index in [1.165, 1.54) is 23.1 Å². The van der Waals surface area contributed by atoms with Gasteiger partial charge >= 0.3 is 0 Å². The maximum Gasteiger partial charge on any atom is 0.283 e. The molecule has 10 heteroatoms. The Morgan fingerprint density at radius 2 is 2.04 bits per heavy atom. The quantitative estimate of drug-likeness (QED) is 0.467. The minimum atomic E-state index is 0.362. The molecular weight excluding hydrogens is 374 g/mol. The molecule has 0 spiro atoms. The highest BCUT2D eigenvalue weighted by molar-refractivity contribution is 8.00. The van der Waals surface area contributed by atoms with Gasteiger partial charge in [-0.15, -0.1) is 20.4 Å². The molecule has 4 rings (SSSR count). The van der Waals surface area contributed by atoms with E-state index in [1.54, 1.807) is 25.5 Å². The van der Waals surface area contributed by atoms with E-state index in [9.17, 15) is 0 Å². The van der Waals surface area contributed by atoms with Gasteiger partial charge in [0, 0.05) is 0 Å². The van der Waals surface area contributed by atoms with Crippen LogP contribution in [0, 0.1) is 0 Å². The van der Waals surface area contributed by atoms with Gasteiger partial charge in [0.1, 0.15) is 5.75 Å². The van der Waals surface area contributed by atoms with Crippen molar-refractivity contribution in [1.82, 2.24) is 20.4 Å². The van der Waals surface area contributed by atoms with Crippen LogP contribution in [0.25, 0.3) is 11.7 Å². The summed E-state index contributed by atoms with van der Waals surface area (Å²) in [6.45, 7) is 0. The van der Waals surface area contributed by atoms with E-state index in [0.29, 0.717) is 28.4 Å². The maximum absolute atomic E-state index is 5.57. The third-order valence-electron chi connectivity index (χ3n) is 3.27. The number of rotatable bonds is 7. The van der Waals surface area contributed by atoms with Gasteiger partial charge in [-0.05, 0) is 24.3 Å². The minimum absolute atomic E-state index is 0.362. The van der Waals surface area contributed by atoms with Crippen LogP contribution in [-0.4, -0.2) is 27.5 Å². The second-order valence-corrected chi connectivity index (χ2v) is 7.17. The van der Waals surface area contributed by atoms with Crippen molar-refractivity contribution < 1.29 is 13.6 Å². The summed E-state index contributed by atoms with van der Waals surface area (Å²) < 4.78 is 16.9. The van der Waals surface area contributed by atoms with Gasteiger partial charge in [0.15, 0.2) is 10.1 Å². The van der Waals surface area contributed by atoms with Crippen molar-refractivity contribution in [1.29, 1.82) is 0 Å². The standard InChI is InChI=1S/C16H13N5O3S2/c1-22-11-6-3-2-5-10(11)17-15-20-21-16(26-15)25-9-13-18-19-14(24-13)12-7-4-8-23-12/h2-8H,9H2,1H3,(H,17,20). The molecule has 0 unspecified atom stereocenters. The molecule has 3 aromatic heterocycles. The summed E-state index contributed by atoms with van der Waals surface area (Å²) in [6, 6.07) is 11.2. The van der Waals surface area contributed by atoms with Crippen LogP contribution in [0.2, 0.25) is 0 Å². The van der Waals surface area contributed by atoms with Crippen molar-refractivity contribution >= 4 is 33.9 Å². The monoisotopic (exact) mass is 387 g/mol. The highest BCUT2D eigenvalue weighted by Gasteiger charge is 2.13. The SMILES string of the molecule is COc1ccccc1Nc1nnc(SCc2nnc(-c3ccco3)o2)s1. The molecule has 1 aromatic carbocycles. The van der Waals surface area contributed by atoms with Crippen molar-refractivity contribution in [2.75, 3.05) is 12.4 Å². The molecule has 26 heavy (non-hydrogen) atoms. The number of aromatic nitrogens is 4. The van der Waals surface area contributed by atoms with Crippen molar-refractivity contribution in [2.24, 2.45) is 0 Å². The minimum Gasteiger partial charge on any atom is -0.495 e. The number of hydrogen-bond acceptors (Lipinski definition) is 10. The van der Waals surface area contributed by atoms with Gasteiger partial charge in [0.2, 0.25) is 11.0 Å². The molecule has 0 amide bonds. The van der Waals surface area contributed by atoms with Gasteiger partial charge in [-0.25, -0.2) is 0 Å². The molecule has 0 bridgehead atoms. The third kappa shape index (κ3) is 3.70. The number of furan rings is 1. The molecule has 0 aliphatic carbocycles. The first-order valence-electron chi connectivity index (χ1n) is 7.54. The van der Waals surface area contributed by atoms with Gasteiger partial charge in [-0.3, -0.25) is 0 Å². The first-order valence-corrected chi connectivity index (χ1v) is 9.34. The normalized spacial score (nSPS) is 10.8. The second kappa shape index (κ2) is 7.58. The number of benzene rings is 1. The van der Waals surface area contributed by atoms with Crippen LogP contribution in [0.15, 0.2) is 55.8 Å². The van der Waals surface area contributed by atoms with E-state index >= 15 is 0 Å². The Balaban J connectivity index is 1.38. The first-order chi connectivity index (χ1) is 12.8. The van der Waals surface area contributed by atoms with Gasteiger partial charge in [0.25, 0.3) is 5.89 Å². The Kier molecular flexibility index (Phi) is 4.84. The van der Waals surface area contributed by atoms with E-state index in [4.69, 9.17) is 13.6 Å². The smallest absolute Gasteiger partial charge is 0.283 e. The molecule has 132 valence electrons. The predicted molar refractivity (Wildman–Crippen MR) is 97.7 cm³/mol. The van der Waals surface area contributed by atoms with Crippen LogP contribution in [0.3, 0.4) is 0 Å². The Morgan fingerprint density at radius 1 is 1.12 bits per heavy atom. The zero-order chi connectivity index (χ0) is 17.8. The van der Waals surface area contributed by atoms with E-state index in [1.807, 2.05) is 24.3 Å². The Bertz CT molecular complexity index is 983. The van der Waals surface area contributed by atoms with Gasteiger partial charge in [-0.2, -0.15) is 0 Å². The van der Waals surface area contributed by atoms with Crippen LogP contribution in [0.5, 0.6) is 5.75 Å². The zero-order valence-electron chi connectivity index (χ0n) is 13.6. The van der Waals surface area contributed by atoms with Gasteiger partial charge < -0.3 is 18.9 Å². The topological polar surface area (TPSA) is 99.1 Å². The Morgan fingerprint density at radius 3 is 2.88 bits per heavy atom. The molecule has 0 aliphatic rings. The largest absolute Gasteiger partial charge is 0.495 e. The number of methoxy groups -OCH3 is 1. The van der Waals surface area contributed by atoms with E-state index in [2.05, 4.69) is 25.7 Å². The second-order valence-electron chi connectivity index (χ2n) is 4.97. The van der Waals surface area contributed by atoms with Gasteiger partial charge in [0.05, 0.1) is 24.8 Å². The van der Waals surface area contributed by atoms with Crippen LogP contribution in [0.4, 0.5) is 10.8 Å². The molecule has 0 atom stereocenters. The average Bonchev–Trinajstić information content (AvgIpc) is 3.41. The van der Waals surface area contributed by atoms with Gasteiger partial charge in [-0.1, -0.05) is 35.2 Å². The van der Waals surface area contributed by atoms with Crippen molar-refractivity contribution in [2.45, 2.75) is 10.1 Å². The fourth-order valence-corrected chi connectivity index (χ4v) is 3.72. The number of ether oxygens (including phenoxy) is 1. The molecule has 8 nitrogen and oxygen atoms in total. The lowest BCUT2D eigenvalue weighted by molar-refractivity contribution is 0.417. The lowest BCUT2D eigenvalue weighted by Gasteiger charge is -2.07. The molecule has 3 heterocycles. The summed E-state index contributed by atoms with van der Waals surface area (Å²) in [4.78, 5) is 0. The van der Waals surface area contributed by atoms with Crippen LogP contribution < -0.4 is 10.1 Å². The van der Waals surface area contributed by atoms with E-state index in [-0.39, 0.29) is 0 Å².